The molecule has 21 heavy (non-hydrogen) atoms. The number of rotatable bonds is 4. The summed E-state index contributed by atoms with van der Waals surface area (Å²) >= 11 is 11.9. The van der Waals surface area contributed by atoms with Crippen LogP contribution in [0.2, 0.25) is 10.0 Å². The van der Waals surface area contributed by atoms with Crippen molar-refractivity contribution in [2.24, 2.45) is 0 Å². The number of nitrogens with one attached hydrogen (secondary N) is 1. The molecule has 0 spiro atoms. The Kier molecular flexibility index (Phi) is 5.48. The Bertz CT molecular complexity index is 617. The predicted molar refractivity (Wildman–Crippen MR) is 88.4 cm³/mol. The third-order valence-electron chi connectivity index (χ3n) is 3.13. The quantitative estimate of drug-likeness (QED) is 0.890. The van der Waals surface area contributed by atoms with E-state index in [-0.39, 0.29) is 6.03 Å². The molecule has 2 aromatic carbocycles. The minimum Gasteiger partial charge on any atom is -0.337 e. The van der Waals surface area contributed by atoms with Gasteiger partial charge in [0.2, 0.25) is 0 Å². The number of urea groups is 1. The molecule has 0 aromatic heterocycles. The summed E-state index contributed by atoms with van der Waals surface area (Å²) in [5.41, 5.74) is 1.81. The number of carbonyl (C=O) groups is 1. The predicted octanol–water partition coefficient (Wildman–Crippen LogP) is 4.38. The van der Waals surface area contributed by atoms with Crippen LogP contribution in [0.3, 0.4) is 0 Å². The summed E-state index contributed by atoms with van der Waals surface area (Å²) in [6.07, 6.45) is 0.657. The second-order valence-electron chi connectivity index (χ2n) is 4.61. The maximum absolute atomic E-state index is 12.0. The fourth-order valence-corrected chi connectivity index (χ4v) is 2.42. The molecule has 0 saturated heterocycles. The Morgan fingerprint density at radius 2 is 1.86 bits per heavy atom. The van der Waals surface area contributed by atoms with Gasteiger partial charge in [-0.05, 0) is 36.2 Å². The van der Waals surface area contributed by atoms with E-state index in [0.717, 1.165) is 11.3 Å². The van der Waals surface area contributed by atoms with Crippen LogP contribution in [0.25, 0.3) is 0 Å². The molecule has 1 N–H and O–H groups in total. The third-order valence-corrected chi connectivity index (χ3v) is 3.72. The summed E-state index contributed by atoms with van der Waals surface area (Å²) in [5, 5.41) is 4.09. The van der Waals surface area contributed by atoms with Gasteiger partial charge < -0.3 is 5.32 Å². The van der Waals surface area contributed by atoms with Gasteiger partial charge in [-0.25, -0.2) is 4.79 Å². The van der Waals surface area contributed by atoms with Crippen LogP contribution >= 0.6 is 23.2 Å². The van der Waals surface area contributed by atoms with Gasteiger partial charge in [-0.15, -0.1) is 0 Å². The van der Waals surface area contributed by atoms with Gasteiger partial charge in [0.15, 0.2) is 0 Å². The molecule has 0 unspecified atom stereocenters. The van der Waals surface area contributed by atoms with E-state index in [0.29, 0.717) is 23.0 Å². The molecule has 0 saturated carbocycles. The standard InChI is InChI=1S/C16H16Cl2N2O/c1-20(14-5-3-2-4-6-14)16(21)19-10-9-12-7-8-13(17)11-15(12)18/h2-8,11H,9-10H2,1H3,(H,19,21). The number of hydrogen-bond donors (Lipinski definition) is 1. The number of nitrogens with zero attached hydrogens (tertiary/aromatic N) is 1. The highest BCUT2D eigenvalue weighted by atomic mass is 35.5. The molecular formula is C16H16Cl2N2O. The number of amides is 2. The lowest BCUT2D eigenvalue weighted by atomic mass is 10.1. The van der Waals surface area contributed by atoms with Crippen molar-refractivity contribution in [3.05, 3.63) is 64.1 Å². The van der Waals surface area contributed by atoms with Crippen molar-refractivity contribution in [1.82, 2.24) is 5.32 Å². The maximum atomic E-state index is 12.0. The fourth-order valence-electron chi connectivity index (χ4n) is 1.92. The van der Waals surface area contributed by atoms with E-state index in [9.17, 15) is 4.79 Å². The molecule has 0 aliphatic heterocycles. The third kappa shape index (κ3) is 4.38. The van der Waals surface area contributed by atoms with Crippen LogP contribution in [-0.2, 0) is 6.42 Å². The molecule has 2 aromatic rings. The van der Waals surface area contributed by atoms with Crippen molar-refractivity contribution < 1.29 is 4.79 Å². The molecular weight excluding hydrogens is 307 g/mol. The molecule has 0 aliphatic carbocycles. The molecule has 0 fully saturated rings. The van der Waals surface area contributed by atoms with Gasteiger partial charge >= 0.3 is 6.03 Å². The van der Waals surface area contributed by atoms with Crippen LogP contribution in [0, 0.1) is 0 Å². The van der Waals surface area contributed by atoms with Crippen molar-refractivity contribution in [3.63, 3.8) is 0 Å². The van der Waals surface area contributed by atoms with E-state index in [1.807, 2.05) is 36.4 Å². The second kappa shape index (κ2) is 7.34. The van der Waals surface area contributed by atoms with E-state index in [1.54, 1.807) is 24.1 Å². The van der Waals surface area contributed by atoms with Gasteiger partial charge in [-0.1, -0.05) is 47.5 Å². The Morgan fingerprint density at radius 1 is 1.14 bits per heavy atom. The molecule has 0 atom stereocenters. The molecule has 3 nitrogen and oxygen atoms in total. The van der Waals surface area contributed by atoms with E-state index in [4.69, 9.17) is 23.2 Å². The number of para-hydroxylation sites is 1. The first kappa shape index (κ1) is 15.7. The summed E-state index contributed by atoms with van der Waals surface area (Å²) in [7, 11) is 1.74. The fraction of sp³-hybridized carbons (Fsp3) is 0.188. The molecule has 5 heteroatoms. The van der Waals surface area contributed by atoms with Crippen LogP contribution in [0.1, 0.15) is 5.56 Å². The number of anilines is 1. The zero-order chi connectivity index (χ0) is 15.2. The monoisotopic (exact) mass is 322 g/mol. The molecule has 2 amide bonds. The minimum absolute atomic E-state index is 0.147. The van der Waals surface area contributed by atoms with Gasteiger partial charge in [0.1, 0.15) is 0 Å². The van der Waals surface area contributed by atoms with E-state index >= 15 is 0 Å². The van der Waals surface area contributed by atoms with Gasteiger partial charge in [0, 0.05) is 29.3 Å². The largest absolute Gasteiger partial charge is 0.337 e. The van der Waals surface area contributed by atoms with E-state index in [2.05, 4.69) is 5.32 Å². The van der Waals surface area contributed by atoms with Crippen LogP contribution in [0.5, 0.6) is 0 Å². The van der Waals surface area contributed by atoms with E-state index < -0.39 is 0 Å². The summed E-state index contributed by atoms with van der Waals surface area (Å²) in [5.74, 6) is 0. The summed E-state index contributed by atoms with van der Waals surface area (Å²) in [6.45, 7) is 0.511. The lowest BCUT2D eigenvalue weighted by Gasteiger charge is -2.18. The first-order valence-corrected chi connectivity index (χ1v) is 7.34. The summed E-state index contributed by atoms with van der Waals surface area (Å²) < 4.78 is 0. The SMILES string of the molecule is CN(C(=O)NCCc1ccc(Cl)cc1Cl)c1ccccc1. The Balaban J connectivity index is 1.87. The van der Waals surface area contributed by atoms with Crippen molar-refractivity contribution in [3.8, 4) is 0 Å². The zero-order valence-electron chi connectivity index (χ0n) is 11.6. The van der Waals surface area contributed by atoms with Crippen molar-refractivity contribution in [1.29, 1.82) is 0 Å². The number of halogens is 2. The van der Waals surface area contributed by atoms with Crippen LogP contribution < -0.4 is 10.2 Å². The molecule has 0 aliphatic rings. The second-order valence-corrected chi connectivity index (χ2v) is 5.46. The molecule has 0 radical (unpaired) electrons. The molecule has 2 rings (SSSR count). The lowest BCUT2D eigenvalue weighted by Crippen LogP contribution is -2.38. The van der Waals surface area contributed by atoms with Gasteiger partial charge in [-0.3, -0.25) is 4.90 Å². The highest BCUT2D eigenvalue weighted by molar-refractivity contribution is 6.35. The first-order valence-electron chi connectivity index (χ1n) is 6.58. The highest BCUT2D eigenvalue weighted by Gasteiger charge is 2.09. The summed E-state index contributed by atoms with van der Waals surface area (Å²) in [4.78, 5) is 13.6. The average Bonchev–Trinajstić information content (AvgIpc) is 2.49. The van der Waals surface area contributed by atoms with Gasteiger partial charge in [0.05, 0.1) is 0 Å². The maximum Gasteiger partial charge on any atom is 0.321 e. The number of carbonyl (C=O) groups excluding carboxylic acids is 1. The average molecular weight is 323 g/mol. The van der Waals surface area contributed by atoms with E-state index in [1.165, 1.54) is 0 Å². The Labute approximate surface area is 134 Å². The van der Waals surface area contributed by atoms with Crippen molar-refractivity contribution >= 4 is 34.9 Å². The summed E-state index contributed by atoms with van der Waals surface area (Å²) in [6, 6.07) is 14.7. The molecule has 0 heterocycles. The Hall–Kier alpha value is -1.71. The normalized spacial score (nSPS) is 10.2. The van der Waals surface area contributed by atoms with Crippen molar-refractivity contribution in [2.75, 3.05) is 18.5 Å². The smallest absolute Gasteiger partial charge is 0.321 e. The highest BCUT2D eigenvalue weighted by Crippen LogP contribution is 2.21. The van der Waals surface area contributed by atoms with Crippen LogP contribution in [-0.4, -0.2) is 19.6 Å². The molecule has 110 valence electrons. The lowest BCUT2D eigenvalue weighted by molar-refractivity contribution is 0.247. The van der Waals surface area contributed by atoms with Crippen LogP contribution in [0.15, 0.2) is 48.5 Å². The van der Waals surface area contributed by atoms with Crippen LogP contribution in [0.4, 0.5) is 10.5 Å². The Morgan fingerprint density at radius 3 is 2.52 bits per heavy atom. The minimum atomic E-state index is -0.147. The topological polar surface area (TPSA) is 32.3 Å². The number of hydrogen-bond acceptors (Lipinski definition) is 1. The van der Waals surface area contributed by atoms with Gasteiger partial charge in [0.25, 0.3) is 0 Å². The zero-order valence-corrected chi connectivity index (χ0v) is 13.2. The molecule has 0 bridgehead atoms. The van der Waals surface area contributed by atoms with Gasteiger partial charge in [-0.2, -0.15) is 0 Å². The first-order chi connectivity index (χ1) is 10.1. The number of benzene rings is 2. The van der Waals surface area contributed by atoms with Crippen molar-refractivity contribution in [2.45, 2.75) is 6.42 Å².